The number of piperazine rings is 1. The van der Waals surface area contributed by atoms with Crippen molar-refractivity contribution in [2.75, 3.05) is 31.1 Å². The van der Waals surface area contributed by atoms with Crippen molar-refractivity contribution in [3.8, 4) is 22.8 Å². The molecule has 1 aliphatic rings. The van der Waals surface area contributed by atoms with Crippen LogP contribution in [0.1, 0.15) is 10.4 Å². The maximum atomic E-state index is 13.2. The van der Waals surface area contributed by atoms with Crippen LogP contribution in [0.4, 0.5) is 10.1 Å². The Morgan fingerprint density at radius 3 is 2.31 bits per heavy atom. The lowest BCUT2D eigenvalue weighted by Gasteiger charge is -2.36. The number of hydrogen-bond donors (Lipinski definition) is 0. The summed E-state index contributed by atoms with van der Waals surface area (Å²) < 4.78 is 18.6. The van der Waals surface area contributed by atoms with Gasteiger partial charge in [-0.3, -0.25) is 4.79 Å². The first-order valence-electron chi connectivity index (χ1n) is 10.5. The summed E-state index contributed by atoms with van der Waals surface area (Å²) in [4.78, 5) is 21.6. The van der Waals surface area contributed by atoms with Crippen molar-refractivity contribution in [3.63, 3.8) is 0 Å². The van der Waals surface area contributed by atoms with Gasteiger partial charge < -0.3 is 14.3 Å². The molecule has 6 nitrogen and oxygen atoms in total. The minimum atomic E-state index is -0.250. The Morgan fingerprint density at radius 2 is 1.56 bits per heavy atom. The summed E-state index contributed by atoms with van der Waals surface area (Å²) in [6, 6.07) is 23.3. The number of nitrogens with zero attached hydrogens (tertiary/aromatic N) is 4. The smallest absolute Gasteiger partial charge is 0.258 e. The second-order valence-electron chi connectivity index (χ2n) is 7.63. The maximum absolute atomic E-state index is 13.2. The predicted molar refractivity (Wildman–Crippen MR) is 120 cm³/mol. The molecule has 0 unspecified atom stereocenters. The summed E-state index contributed by atoms with van der Waals surface area (Å²) in [6.45, 7) is 2.58. The Morgan fingerprint density at radius 1 is 0.844 bits per heavy atom. The van der Waals surface area contributed by atoms with Crippen LogP contribution in [0.3, 0.4) is 0 Å². The van der Waals surface area contributed by atoms with E-state index in [1.807, 2.05) is 47.4 Å². The zero-order valence-corrected chi connectivity index (χ0v) is 17.3. The van der Waals surface area contributed by atoms with Gasteiger partial charge in [-0.15, -0.1) is 0 Å². The number of carbonyl (C=O) groups excluding carboxylic acids is 1. The Labute approximate surface area is 184 Å². The van der Waals surface area contributed by atoms with Gasteiger partial charge in [0.25, 0.3) is 11.8 Å². The third kappa shape index (κ3) is 4.09. The molecule has 1 aromatic heterocycles. The molecule has 0 atom stereocenters. The molecule has 4 aromatic rings. The molecule has 0 radical (unpaired) electrons. The molecular formula is C25H21FN4O2. The van der Waals surface area contributed by atoms with E-state index in [0.717, 1.165) is 11.3 Å². The van der Waals surface area contributed by atoms with Crippen LogP contribution < -0.4 is 4.90 Å². The molecule has 32 heavy (non-hydrogen) atoms. The molecule has 0 bridgehead atoms. The van der Waals surface area contributed by atoms with E-state index >= 15 is 0 Å². The Bertz CT molecular complexity index is 1220. The van der Waals surface area contributed by atoms with E-state index in [9.17, 15) is 9.18 Å². The van der Waals surface area contributed by atoms with Gasteiger partial charge >= 0.3 is 0 Å². The third-order valence-electron chi connectivity index (χ3n) is 5.57. The van der Waals surface area contributed by atoms with Gasteiger partial charge in [0.1, 0.15) is 5.82 Å². The van der Waals surface area contributed by atoms with Gasteiger partial charge in [-0.1, -0.05) is 41.6 Å². The minimum Gasteiger partial charge on any atom is -0.368 e. The van der Waals surface area contributed by atoms with Gasteiger partial charge in [-0.05, 0) is 42.5 Å². The van der Waals surface area contributed by atoms with Crippen LogP contribution in [0.15, 0.2) is 83.4 Å². The highest BCUT2D eigenvalue weighted by molar-refractivity contribution is 5.95. The number of aromatic nitrogens is 2. The fourth-order valence-corrected chi connectivity index (χ4v) is 3.83. The van der Waals surface area contributed by atoms with E-state index in [2.05, 4.69) is 15.0 Å². The van der Waals surface area contributed by atoms with Crippen molar-refractivity contribution < 1.29 is 13.7 Å². The normalized spacial score (nSPS) is 13.9. The summed E-state index contributed by atoms with van der Waals surface area (Å²) in [5.74, 6) is 0.599. The molecule has 5 rings (SSSR count). The monoisotopic (exact) mass is 428 g/mol. The summed E-state index contributed by atoms with van der Waals surface area (Å²) in [5, 5.41) is 4.06. The number of benzene rings is 3. The lowest BCUT2D eigenvalue weighted by atomic mass is 10.1. The Balaban J connectivity index is 1.28. The number of amides is 1. The SMILES string of the molecule is O=C(c1cccc(-c2nc(-c3ccccc3)no2)c1)N1CCN(c2ccc(F)cc2)CC1. The fraction of sp³-hybridized carbons (Fsp3) is 0.160. The zero-order valence-electron chi connectivity index (χ0n) is 17.3. The average Bonchev–Trinajstić information content (AvgIpc) is 3.35. The largest absolute Gasteiger partial charge is 0.368 e. The molecule has 1 amide bonds. The number of hydrogen-bond acceptors (Lipinski definition) is 5. The van der Waals surface area contributed by atoms with Crippen molar-refractivity contribution in [2.45, 2.75) is 0 Å². The Kier molecular flexibility index (Phi) is 5.37. The molecular weight excluding hydrogens is 407 g/mol. The average molecular weight is 428 g/mol. The Hall–Kier alpha value is -4.00. The molecule has 1 aliphatic heterocycles. The van der Waals surface area contributed by atoms with Crippen LogP contribution >= 0.6 is 0 Å². The lowest BCUT2D eigenvalue weighted by Crippen LogP contribution is -2.48. The quantitative estimate of drug-likeness (QED) is 0.479. The summed E-state index contributed by atoms with van der Waals surface area (Å²) >= 11 is 0. The van der Waals surface area contributed by atoms with Crippen molar-refractivity contribution >= 4 is 11.6 Å². The van der Waals surface area contributed by atoms with Crippen molar-refractivity contribution in [1.82, 2.24) is 15.0 Å². The van der Waals surface area contributed by atoms with E-state index in [0.29, 0.717) is 49.0 Å². The van der Waals surface area contributed by atoms with Crippen molar-refractivity contribution in [2.24, 2.45) is 0 Å². The van der Waals surface area contributed by atoms with Gasteiger partial charge in [0.15, 0.2) is 0 Å². The second-order valence-corrected chi connectivity index (χ2v) is 7.63. The molecule has 0 N–H and O–H groups in total. The number of anilines is 1. The molecule has 160 valence electrons. The van der Waals surface area contributed by atoms with Gasteiger partial charge in [-0.25, -0.2) is 4.39 Å². The molecule has 1 saturated heterocycles. The van der Waals surface area contributed by atoms with Gasteiger partial charge in [0.2, 0.25) is 5.82 Å². The fourth-order valence-electron chi connectivity index (χ4n) is 3.83. The first-order valence-corrected chi connectivity index (χ1v) is 10.5. The van der Waals surface area contributed by atoms with Crippen molar-refractivity contribution in [1.29, 1.82) is 0 Å². The summed E-state index contributed by atoms with van der Waals surface area (Å²) in [5.41, 5.74) is 3.12. The topological polar surface area (TPSA) is 62.5 Å². The number of halogens is 1. The highest BCUT2D eigenvalue weighted by Gasteiger charge is 2.23. The molecule has 2 heterocycles. The first kappa shape index (κ1) is 19.9. The van der Waals surface area contributed by atoms with Crippen LogP contribution in [0.5, 0.6) is 0 Å². The molecule has 7 heteroatoms. The van der Waals surface area contributed by atoms with Gasteiger partial charge in [0, 0.05) is 48.6 Å². The highest BCUT2D eigenvalue weighted by Crippen LogP contribution is 2.24. The van der Waals surface area contributed by atoms with Crippen LogP contribution in [0.25, 0.3) is 22.8 Å². The molecule has 0 aliphatic carbocycles. The maximum Gasteiger partial charge on any atom is 0.258 e. The summed E-state index contributed by atoms with van der Waals surface area (Å²) in [6.07, 6.45) is 0. The predicted octanol–water partition coefficient (Wildman–Crippen LogP) is 4.51. The van der Waals surface area contributed by atoms with Crippen LogP contribution in [-0.4, -0.2) is 47.1 Å². The second kappa shape index (κ2) is 8.63. The molecule has 0 saturated carbocycles. The summed E-state index contributed by atoms with van der Waals surface area (Å²) in [7, 11) is 0. The molecule has 0 spiro atoms. The molecule has 3 aromatic carbocycles. The third-order valence-corrected chi connectivity index (χ3v) is 5.57. The lowest BCUT2D eigenvalue weighted by molar-refractivity contribution is 0.0747. The van der Waals surface area contributed by atoms with E-state index < -0.39 is 0 Å². The minimum absolute atomic E-state index is 0.0339. The van der Waals surface area contributed by atoms with Crippen molar-refractivity contribution in [3.05, 3.63) is 90.2 Å². The van der Waals surface area contributed by atoms with E-state index in [1.165, 1.54) is 12.1 Å². The number of carbonyl (C=O) groups is 1. The van der Waals surface area contributed by atoms with Crippen LogP contribution in [0, 0.1) is 5.82 Å². The van der Waals surface area contributed by atoms with Gasteiger partial charge in [0.05, 0.1) is 0 Å². The van der Waals surface area contributed by atoms with Crippen LogP contribution in [0.2, 0.25) is 0 Å². The van der Waals surface area contributed by atoms with Crippen LogP contribution in [-0.2, 0) is 0 Å². The number of rotatable bonds is 4. The van der Waals surface area contributed by atoms with Gasteiger partial charge in [-0.2, -0.15) is 4.98 Å². The first-order chi connectivity index (χ1) is 15.7. The molecule has 1 fully saturated rings. The highest BCUT2D eigenvalue weighted by atomic mass is 19.1. The van der Waals surface area contributed by atoms with E-state index in [-0.39, 0.29) is 11.7 Å². The van der Waals surface area contributed by atoms with E-state index in [1.54, 1.807) is 24.3 Å². The zero-order chi connectivity index (χ0) is 21.9. The van der Waals surface area contributed by atoms with E-state index in [4.69, 9.17) is 4.52 Å². The standard InChI is InChI=1S/C25H21FN4O2/c26-21-9-11-22(12-10-21)29-13-15-30(16-14-29)25(31)20-8-4-7-19(17-20)24-27-23(28-32-24)18-5-2-1-3-6-18/h1-12,17H,13-16H2.